The van der Waals surface area contributed by atoms with Crippen molar-refractivity contribution in [3.8, 4) is 28.3 Å². The zero-order valence-corrected chi connectivity index (χ0v) is 17.5. The Morgan fingerprint density at radius 2 is 1.91 bits per heavy atom. The number of non-ortho nitro benzene ring substituents is 1. The Kier molecular flexibility index (Phi) is 4.92. The molecule has 3 heterocycles. The quantitative estimate of drug-likeness (QED) is 0.298. The van der Waals surface area contributed by atoms with Gasteiger partial charge in [0.1, 0.15) is 5.75 Å². The first-order chi connectivity index (χ1) is 15.6. The van der Waals surface area contributed by atoms with Gasteiger partial charge in [-0.25, -0.2) is 4.52 Å². The fourth-order valence-electron chi connectivity index (χ4n) is 3.16. The van der Waals surface area contributed by atoms with Crippen molar-refractivity contribution < 1.29 is 9.66 Å². The Morgan fingerprint density at radius 1 is 1.06 bits per heavy atom. The number of thiazole rings is 1. The van der Waals surface area contributed by atoms with Gasteiger partial charge in [-0.15, -0.1) is 26.6 Å². The van der Waals surface area contributed by atoms with Gasteiger partial charge in [0.15, 0.2) is 5.82 Å². The molecular weight excluding hydrogens is 430 g/mol. The summed E-state index contributed by atoms with van der Waals surface area (Å²) >= 11 is 1.47. The predicted octanol–water partition coefficient (Wildman–Crippen LogP) is 4.58. The number of hydrogen-bond donors (Lipinski definition) is 1. The number of rotatable bonds is 6. The Balaban J connectivity index is 1.38. The Labute approximate surface area is 185 Å². The number of hydrogen-bond acceptors (Lipinski definition) is 9. The van der Waals surface area contributed by atoms with E-state index in [1.165, 1.54) is 23.5 Å². The van der Waals surface area contributed by atoms with E-state index in [1.54, 1.807) is 35.9 Å². The lowest BCUT2D eigenvalue weighted by atomic mass is 10.1. The molecule has 2 aromatic carbocycles. The Bertz CT molecular complexity index is 1430. The van der Waals surface area contributed by atoms with E-state index < -0.39 is 4.92 Å². The lowest BCUT2D eigenvalue weighted by molar-refractivity contribution is -0.384. The van der Waals surface area contributed by atoms with Gasteiger partial charge in [0.2, 0.25) is 10.9 Å². The lowest BCUT2D eigenvalue weighted by Crippen LogP contribution is -1.99. The maximum atomic E-state index is 11.0. The molecule has 0 atom stereocenters. The summed E-state index contributed by atoms with van der Waals surface area (Å²) in [6, 6.07) is 17.4. The van der Waals surface area contributed by atoms with Crippen LogP contribution in [0.2, 0.25) is 0 Å². The summed E-state index contributed by atoms with van der Waals surface area (Å²) in [5.41, 5.74) is 3.01. The van der Waals surface area contributed by atoms with Crippen LogP contribution in [0.4, 0.5) is 17.5 Å². The predicted molar refractivity (Wildman–Crippen MR) is 120 cm³/mol. The number of ether oxygens (including phenoxy) is 1. The maximum absolute atomic E-state index is 11.0. The molecule has 1 N–H and O–H groups in total. The number of anilines is 2. The summed E-state index contributed by atoms with van der Waals surface area (Å²) in [5.74, 6) is 1.61. The van der Waals surface area contributed by atoms with E-state index >= 15 is 0 Å². The molecule has 32 heavy (non-hydrogen) atoms. The molecule has 0 unspecified atom stereocenters. The monoisotopic (exact) mass is 445 g/mol. The standard InChI is InChI=1S/C21H15N7O3S/c1-31-16-7-3-5-14(11-16)18-12-32-21-23-20(26-27(18)21)22-19-9-8-17(24-25-19)13-4-2-6-15(10-13)28(29)30/h2-12H,1H3,(H,22,25,26). The van der Waals surface area contributed by atoms with Crippen LogP contribution < -0.4 is 10.1 Å². The van der Waals surface area contributed by atoms with E-state index in [1.807, 2.05) is 29.6 Å². The van der Waals surface area contributed by atoms with Crippen molar-refractivity contribution >= 4 is 33.8 Å². The molecule has 0 spiro atoms. The summed E-state index contributed by atoms with van der Waals surface area (Å²) in [4.78, 5) is 15.8. The third-order valence-corrected chi connectivity index (χ3v) is 5.52. The van der Waals surface area contributed by atoms with Gasteiger partial charge in [0, 0.05) is 28.6 Å². The minimum absolute atomic E-state index is 0.000576. The zero-order chi connectivity index (χ0) is 22.1. The highest BCUT2D eigenvalue weighted by molar-refractivity contribution is 7.15. The van der Waals surface area contributed by atoms with E-state index in [4.69, 9.17) is 4.74 Å². The minimum Gasteiger partial charge on any atom is -0.497 e. The lowest BCUT2D eigenvalue weighted by Gasteiger charge is -2.03. The largest absolute Gasteiger partial charge is 0.497 e. The van der Waals surface area contributed by atoms with Crippen LogP contribution in [0.15, 0.2) is 66.0 Å². The van der Waals surface area contributed by atoms with Crippen LogP contribution in [-0.4, -0.2) is 36.8 Å². The number of aromatic nitrogens is 5. The van der Waals surface area contributed by atoms with Gasteiger partial charge in [0.25, 0.3) is 5.69 Å². The van der Waals surface area contributed by atoms with Crippen molar-refractivity contribution in [2.24, 2.45) is 0 Å². The zero-order valence-electron chi connectivity index (χ0n) is 16.7. The molecular formula is C21H15N7O3S. The molecule has 0 aliphatic carbocycles. The molecule has 5 aromatic rings. The Hall–Kier alpha value is -4.38. The summed E-state index contributed by atoms with van der Waals surface area (Å²) < 4.78 is 7.06. The molecule has 5 rings (SSSR count). The SMILES string of the molecule is COc1cccc(-c2csc3nc(Nc4ccc(-c5cccc([N+](=O)[O-])c5)nn4)nn23)c1. The van der Waals surface area contributed by atoms with Gasteiger partial charge in [-0.2, -0.15) is 4.98 Å². The minimum atomic E-state index is -0.442. The van der Waals surface area contributed by atoms with Gasteiger partial charge in [-0.3, -0.25) is 10.1 Å². The van der Waals surface area contributed by atoms with Crippen molar-refractivity contribution in [2.75, 3.05) is 12.4 Å². The van der Waals surface area contributed by atoms with Gasteiger partial charge >= 0.3 is 0 Å². The van der Waals surface area contributed by atoms with Gasteiger partial charge in [-0.1, -0.05) is 24.3 Å². The maximum Gasteiger partial charge on any atom is 0.270 e. The number of methoxy groups -OCH3 is 1. The molecule has 0 saturated heterocycles. The fourth-order valence-corrected chi connectivity index (χ4v) is 3.99. The molecule has 0 bridgehead atoms. The summed E-state index contributed by atoms with van der Waals surface area (Å²) in [7, 11) is 1.63. The molecule has 0 radical (unpaired) electrons. The molecule has 11 heteroatoms. The molecule has 0 fully saturated rings. The van der Waals surface area contributed by atoms with Gasteiger partial charge < -0.3 is 10.1 Å². The van der Waals surface area contributed by atoms with E-state index in [2.05, 4.69) is 25.6 Å². The first-order valence-electron chi connectivity index (χ1n) is 9.45. The normalized spacial score (nSPS) is 10.9. The molecule has 0 saturated carbocycles. The average Bonchev–Trinajstić information content (AvgIpc) is 3.40. The molecule has 158 valence electrons. The van der Waals surface area contributed by atoms with Crippen molar-refractivity contribution in [1.29, 1.82) is 0 Å². The van der Waals surface area contributed by atoms with E-state index in [-0.39, 0.29) is 5.69 Å². The second kappa shape index (κ2) is 8.04. The van der Waals surface area contributed by atoms with Crippen LogP contribution in [0.25, 0.3) is 27.5 Å². The summed E-state index contributed by atoms with van der Waals surface area (Å²) in [6.45, 7) is 0. The second-order valence-corrected chi connectivity index (χ2v) is 7.56. The van der Waals surface area contributed by atoms with E-state index in [0.717, 1.165) is 22.0 Å². The molecule has 0 amide bonds. The number of benzene rings is 2. The smallest absolute Gasteiger partial charge is 0.270 e. The Morgan fingerprint density at radius 3 is 2.69 bits per heavy atom. The average molecular weight is 445 g/mol. The topological polar surface area (TPSA) is 120 Å². The van der Waals surface area contributed by atoms with Crippen molar-refractivity contribution in [3.63, 3.8) is 0 Å². The molecule has 0 aliphatic rings. The highest BCUT2D eigenvalue weighted by Crippen LogP contribution is 2.29. The first-order valence-corrected chi connectivity index (χ1v) is 10.3. The number of nitrogens with one attached hydrogen (secondary N) is 1. The van der Waals surface area contributed by atoms with E-state index in [9.17, 15) is 10.1 Å². The van der Waals surface area contributed by atoms with Crippen molar-refractivity contribution in [1.82, 2.24) is 24.8 Å². The van der Waals surface area contributed by atoms with Crippen LogP contribution in [0.5, 0.6) is 5.75 Å². The number of fused-ring (bicyclic) bond motifs is 1. The second-order valence-electron chi connectivity index (χ2n) is 6.72. The number of nitro benzene ring substituents is 1. The highest BCUT2D eigenvalue weighted by atomic mass is 32.1. The molecule has 10 nitrogen and oxygen atoms in total. The number of nitro groups is 1. The van der Waals surface area contributed by atoms with Gasteiger partial charge in [0.05, 0.1) is 23.4 Å². The van der Waals surface area contributed by atoms with Crippen LogP contribution in [0, 0.1) is 10.1 Å². The molecule has 3 aromatic heterocycles. The van der Waals surface area contributed by atoms with Crippen LogP contribution in [0.1, 0.15) is 0 Å². The first kappa shape index (κ1) is 19.6. The van der Waals surface area contributed by atoms with Crippen molar-refractivity contribution in [3.05, 3.63) is 76.2 Å². The number of nitrogens with zero attached hydrogens (tertiary/aromatic N) is 6. The third-order valence-electron chi connectivity index (χ3n) is 4.70. The van der Waals surface area contributed by atoms with Gasteiger partial charge in [-0.05, 0) is 24.3 Å². The fraction of sp³-hybridized carbons (Fsp3) is 0.0476. The van der Waals surface area contributed by atoms with Crippen LogP contribution >= 0.6 is 11.3 Å². The third kappa shape index (κ3) is 3.72. The van der Waals surface area contributed by atoms with Crippen molar-refractivity contribution in [2.45, 2.75) is 0 Å². The highest BCUT2D eigenvalue weighted by Gasteiger charge is 2.13. The summed E-state index contributed by atoms with van der Waals surface area (Å²) in [5, 5.41) is 28.9. The summed E-state index contributed by atoms with van der Waals surface area (Å²) in [6.07, 6.45) is 0. The van der Waals surface area contributed by atoms with E-state index in [0.29, 0.717) is 23.0 Å². The van der Waals surface area contributed by atoms with Crippen LogP contribution in [-0.2, 0) is 0 Å². The van der Waals surface area contributed by atoms with Crippen LogP contribution in [0.3, 0.4) is 0 Å². The molecule has 0 aliphatic heterocycles.